The van der Waals surface area contributed by atoms with Gasteiger partial charge in [0.1, 0.15) is 0 Å². The zero-order valence-electron chi connectivity index (χ0n) is 14.5. The Labute approximate surface area is 138 Å². The van der Waals surface area contributed by atoms with Crippen molar-refractivity contribution in [1.29, 1.82) is 0 Å². The van der Waals surface area contributed by atoms with E-state index < -0.39 is 0 Å². The summed E-state index contributed by atoms with van der Waals surface area (Å²) in [4.78, 5) is 0. The van der Waals surface area contributed by atoms with Crippen molar-refractivity contribution in [3.05, 3.63) is 60.3 Å². The van der Waals surface area contributed by atoms with Gasteiger partial charge in [-0.15, -0.1) is 0 Å². The minimum Gasteiger partial charge on any atom is -0.402 e. The largest absolute Gasteiger partial charge is 0.402 e. The molecule has 2 aromatic carbocycles. The molecule has 0 aliphatic heterocycles. The highest BCUT2D eigenvalue weighted by Gasteiger charge is 2.24. The van der Waals surface area contributed by atoms with Crippen molar-refractivity contribution in [1.82, 2.24) is 4.57 Å². The van der Waals surface area contributed by atoms with Gasteiger partial charge in [0, 0.05) is 33.5 Å². The summed E-state index contributed by atoms with van der Waals surface area (Å²) in [5, 5.41) is 2.66. The summed E-state index contributed by atoms with van der Waals surface area (Å²) in [5.74, 6) is 0.806. The maximum atomic E-state index is 6.19. The number of nitrogens with zero attached hydrogens (tertiary/aromatic N) is 1. The van der Waals surface area contributed by atoms with Crippen molar-refractivity contribution in [3.8, 4) is 0 Å². The van der Waals surface area contributed by atoms with E-state index in [0.717, 1.165) is 5.70 Å². The lowest BCUT2D eigenvalue weighted by Crippen LogP contribution is -2.24. The summed E-state index contributed by atoms with van der Waals surface area (Å²) >= 11 is 0. The Morgan fingerprint density at radius 3 is 1.87 bits per heavy atom. The average molecular weight is 306 g/mol. The molecular formula is C21H26N2. The molecule has 1 unspecified atom stereocenters. The summed E-state index contributed by atoms with van der Waals surface area (Å²) in [6.45, 7) is 8.85. The fourth-order valence-corrected chi connectivity index (χ4v) is 3.61. The number of para-hydroxylation sites is 2. The summed E-state index contributed by atoms with van der Waals surface area (Å²) in [7, 11) is 0. The van der Waals surface area contributed by atoms with Crippen LogP contribution < -0.4 is 5.73 Å². The van der Waals surface area contributed by atoms with Gasteiger partial charge in [-0.05, 0) is 37.8 Å². The van der Waals surface area contributed by atoms with E-state index in [0.29, 0.717) is 17.9 Å². The van der Waals surface area contributed by atoms with Crippen molar-refractivity contribution in [3.63, 3.8) is 0 Å². The molecule has 3 atom stereocenters. The van der Waals surface area contributed by atoms with Crippen molar-refractivity contribution < 1.29 is 0 Å². The Bertz CT molecular complexity index is 803. The Morgan fingerprint density at radius 1 is 0.913 bits per heavy atom. The Morgan fingerprint density at radius 2 is 1.39 bits per heavy atom. The number of nitrogens with two attached hydrogens (primary N) is 1. The third-order valence-corrected chi connectivity index (χ3v) is 5.43. The molecule has 1 heterocycles. The third kappa shape index (κ3) is 2.52. The molecule has 0 aliphatic carbocycles. The molecule has 0 radical (unpaired) electrons. The maximum Gasteiger partial charge on any atom is 0.0493 e. The molecule has 2 heteroatoms. The number of rotatable bonds is 4. The number of benzene rings is 2. The molecule has 0 saturated heterocycles. The zero-order chi connectivity index (χ0) is 16.6. The first-order valence-electron chi connectivity index (χ1n) is 8.45. The van der Waals surface area contributed by atoms with Crippen LogP contribution in [0.2, 0.25) is 0 Å². The van der Waals surface area contributed by atoms with Crippen LogP contribution in [0.1, 0.15) is 33.7 Å². The summed E-state index contributed by atoms with van der Waals surface area (Å²) in [6.07, 6.45) is 2.03. The van der Waals surface area contributed by atoms with Crippen molar-refractivity contribution in [2.75, 3.05) is 0 Å². The minimum atomic E-state index is 0.356. The molecule has 0 fully saturated rings. The lowest BCUT2D eigenvalue weighted by atomic mass is 9.87. The fraction of sp³-hybridized carbons (Fsp3) is 0.333. The number of fused-ring (bicyclic) bond motifs is 3. The monoisotopic (exact) mass is 306 g/mol. The second-order valence-electron chi connectivity index (χ2n) is 6.58. The molecule has 2 N–H and O–H groups in total. The molecular weight excluding hydrogens is 280 g/mol. The molecule has 0 aliphatic rings. The van der Waals surface area contributed by atoms with Gasteiger partial charge < -0.3 is 10.3 Å². The number of allylic oxidation sites excluding steroid dienone is 2. The topological polar surface area (TPSA) is 30.9 Å². The predicted molar refractivity (Wildman–Crippen MR) is 100 cm³/mol. The number of aromatic nitrogens is 1. The van der Waals surface area contributed by atoms with Crippen LogP contribution in [0.4, 0.5) is 0 Å². The van der Waals surface area contributed by atoms with E-state index in [1.165, 1.54) is 21.8 Å². The van der Waals surface area contributed by atoms with Gasteiger partial charge in [-0.1, -0.05) is 56.3 Å². The molecule has 23 heavy (non-hydrogen) atoms. The Kier molecular flexibility index (Phi) is 4.16. The Hall–Kier alpha value is -2.22. The standard InChI is InChI=1S/C21H26N2/c1-5-19(22)15(3)14(2)16(4)23-20-12-8-6-10-17(20)18-11-7-9-13-21(18)23/h5-16H,22H2,1-4H3/b19-5+/t14-,15?,16-/m0/s1. The normalized spacial score (nSPS) is 16.6. The second kappa shape index (κ2) is 6.11. The van der Waals surface area contributed by atoms with Gasteiger partial charge in [0.25, 0.3) is 0 Å². The van der Waals surface area contributed by atoms with E-state index in [1.807, 2.05) is 13.0 Å². The Balaban J connectivity index is 2.18. The van der Waals surface area contributed by atoms with E-state index in [9.17, 15) is 0 Å². The van der Waals surface area contributed by atoms with Crippen LogP contribution in [0.25, 0.3) is 21.8 Å². The first kappa shape index (κ1) is 15.7. The van der Waals surface area contributed by atoms with E-state index >= 15 is 0 Å². The minimum absolute atomic E-state index is 0.356. The molecule has 0 bridgehead atoms. The van der Waals surface area contributed by atoms with E-state index in [2.05, 4.69) is 73.9 Å². The van der Waals surface area contributed by atoms with Crippen LogP contribution in [0.5, 0.6) is 0 Å². The molecule has 3 rings (SSSR count). The van der Waals surface area contributed by atoms with Gasteiger partial charge in [-0.25, -0.2) is 0 Å². The fourth-order valence-electron chi connectivity index (χ4n) is 3.61. The van der Waals surface area contributed by atoms with Gasteiger partial charge in [0.05, 0.1) is 0 Å². The number of hydrogen-bond acceptors (Lipinski definition) is 1. The molecule has 0 amide bonds. The summed E-state index contributed by atoms with van der Waals surface area (Å²) < 4.78 is 2.48. The first-order valence-corrected chi connectivity index (χ1v) is 8.45. The lowest BCUT2D eigenvalue weighted by molar-refractivity contribution is 0.316. The highest BCUT2D eigenvalue weighted by molar-refractivity contribution is 6.08. The van der Waals surface area contributed by atoms with Crippen molar-refractivity contribution >= 4 is 21.8 Å². The highest BCUT2D eigenvalue weighted by Crippen LogP contribution is 2.36. The van der Waals surface area contributed by atoms with Crippen LogP contribution in [-0.4, -0.2) is 4.57 Å². The van der Waals surface area contributed by atoms with Crippen molar-refractivity contribution in [2.24, 2.45) is 17.6 Å². The zero-order valence-corrected chi connectivity index (χ0v) is 14.5. The SMILES string of the molecule is C/C=C(/N)C(C)[C@H](C)[C@H](C)n1c2ccccc2c2ccccc21. The third-order valence-electron chi connectivity index (χ3n) is 5.43. The van der Waals surface area contributed by atoms with E-state index in [1.54, 1.807) is 0 Å². The van der Waals surface area contributed by atoms with Gasteiger partial charge in [-0.3, -0.25) is 0 Å². The molecule has 1 aromatic heterocycles. The molecule has 120 valence electrons. The van der Waals surface area contributed by atoms with Crippen LogP contribution in [0.15, 0.2) is 60.3 Å². The van der Waals surface area contributed by atoms with Crippen LogP contribution in [0.3, 0.4) is 0 Å². The van der Waals surface area contributed by atoms with Crippen LogP contribution >= 0.6 is 0 Å². The average Bonchev–Trinajstić information content (AvgIpc) is 2.93. The van der Waals surface area contributed by atoms with Gasteiger partial charge >= 0.3 is 0 Å². The van der Waals surface area contributed by atoms with Gasteiger partial charge in [0.15, 0.2) is 0 Å². The predicted octanol–water partition coefficient (Wildman–Crippen LogP) is 5.49. The molecule has 0 saturated carbocycles. The maximum absolute atomic E-state index is 6.19. The number of hydrogen-bond donors (Lipinski definition) is 1. The van der Waals surface area contributed by atoms with Crippen LogP contribution in [0, 0.1) is 11.8 Å². The molecule has 0 spiro atoms. The van der Waals surface area contributed by atoms with Gasteiger partial charge in [-0.2, -0.15) is 0 Å². The lowest BCUT2D eigenvalue weighted by Gasteiger charge is -2.29. The van der Waals surface area contributed by atoms with E-state index in [-0.39, 0.29) is 0 Å². The second-order valence-corrected chi connectivity index (χ2v) is 6.58. The molecule has 2 nitrogen and oxygen atoms in total. The van der Waals surface area contributed by atoms with E-state index in [4.69, 9.17) is 5.73 Å². The molecule has 3 aromatic rings. The van der Waals surface area contributed by atoms with Gasteiger partial charge in [0.2, 0.25) is 0 Å². The first-order chi connectivity index (χ1) is 11.1. The summed E-state index contributed by atoms with van der Waals surface area (Å²) in [6, 6.07) is 17.7. The van der Waals surface area contributed by atoms with Crippen molar-refractivity contribution in [2.45, 2.75) is 33.7 Å². The smallest absolute Gasteiger partial charge is 0.0493 e. The van der Waals surface area contributed by atoms with Crippen LogP contribution in [-0.2, 0) is 0 Å². The quantitative estimate of drug-likeness (QED) is 0.679. The highest BCUT2D eigenvalue weighted by atomic mass is 15.0. The summed E-state index contributed by atoms with van der Waals surface area (Å²) in [5.41, 5.74) is 9.77.